The van der Waals surface area contributed by atoms with E-state index in [0.29, 0.717) is 10.7 Å². The van der Waals surface area contributed by atoms with Crippen molar-refractivity contribution in [1.82, 2.24) is 19.8 Å². The first-order chi connectivity index (χ1) is 13.8. The number of aromatic nitrogens is 3. The Balaban J connectivity index is 1.73. The third kappa shape index (κ3) is 4.00. The van der Waals surface area contributed by atoms with E-state index in [2.05, 4.69) is 20.1 Å². The molecule has 1 aliphatic heterocycles. The Kier molecular flexibility index (Phi) is 5.56. The Morgan fingerprint density at radius 1 is 1.27 bits per heavy atom. The minimum atomic E-state index is -4.86. The lowest BCUT2D eigenvalue weighted by molar-refractivity contribution is -0.141. The summed E-state index contributed by atoms with van der Waals surface area (Å²) in [5, 5.41) is 5.46. The van der Waals surface area contributed by atoms with Crippen molar-refractivity contribution < 1.29 is 35.3 Å². The van der Waals surface area contributed by atoms with Crippen molar-refractivity contribution in [3.8, 4) is 0 Å². The van der Waals surface area contributed by atoms with Crippen LogP contribution in [0, 0.1) is 5.92 Å². The summed E-state index contributed by atoms with van der Waals surface area (Å²) in [6, 6.07) is 1.25. The van der Waals surface area contributed by atoms with Gasteiger partial charge < -0.3 is 9.42 Å². The summed E-state index contributed by atoms with van der Waals surface area (Å²) in [6.45, 7) is 0.948. The first-order valence-electron chi connectivity index (χ1n) is 8.85. The van der Waals surface area contributed by atoms with Crippen LogP contribution in [0.15, 0.2) is 27.9 Å². The molecule has 1 aliphatic rings. The molecule has 0 radical (unpaired) electrons. The first kappa shape index (κ1) is 22.1. The van der Waals surface area contributed by atoms with E-state index in [1.165, 1.54) is 17.2 Å². The quantitative estimate of drug-likeness (QED) is 0.713. The highest BCUT2D eigenvalue weighted by Gasteiger charge is 2.50. The number of urea groups is 1. The van der Waals surface area contributed by atoms with Crippen LogP contribution in [0.5, 0.6) is 0 Å². The molecule has 0 bridgehead atoms. The molecule has 1 atom stereocenters. The van der Waals surface area contributed by atoms with Crippen molar-refractivity contribution in [3.05, 3.63) is 24.1 Å². The average Bonchev–Trinajstić information content (AvgIpc) is 3.31. The molecule has 2 aromatic rings. The molecule has 0 aromatic carbocycles. The number of nitrogens with one attached hydrogen (secondary N) is 1. The monoisotopic (exact) mass is 453 g/mol. The third-order valence-corrected chi connectivity index (χ3v) is 7.43. The number of alkyl halides is 4. The van der Waals surface area contributed by atoms with Gasteiger partial charge in [0.15, 0.2) is 16.5 Å². The second-order valence-electron chi connectivity index (χ2n) is 7.05. The molecule has 3 heterocycles. The number of hydrogen-bond donors (Lipinski definition) is 1. The van der Waals surface area contributed by atoms with Crippen LogP contribution in [0.2, 0.25) is 0 Å². The Labute approximate surface area is 168 Å². The van der Waals surface area contributed by atoms with Crippen LogP contribution in [-0.2, 0) is 23.1 Å². The van der Waals surface area contributed by atoms with Gasteiger partial charge in [0.2, 0.25) is 14.8 Å². The summed E-state index contributed by atoms with van der Waals surface area (Å²) in [4.78, 5) is 13.5. The predicted octanol–water partition coefficient (Wildman–Crippen LogP) is 2.83. The molecule has 9 nitrogen and oxygen atoms in total. The lowest BCUT2D eigenvalue weighted by atomic mass is 9.92. The summed E-state index contributed by atoms with van der Waals surface area (Å²) in [5.74, 6) is -0.834. The van der Waals surface area contributed by atoms with Crippen molar-refractivity contribution in [2.45, 2.75) is 36.0 Å². The zero-order chi connectivity index (χ0) is 22.3. The van der Waals surface area contributed by atoms with E-state index < -0.39 is 43.7 Å². The molecule has 1 unspecified atom stereocenters. The average molecular weight is 453 g/mol. The van der Waals surface area contributed by atoms with Crippen molar-refractivity contribution in [1.29, 1.82) is 0 Å². The number of halogens is 4. The van der Waals surface area contributed by atoms with E-state index >= 15 is 4.39 Å². The van der Waals surface area contributed by atoms with Crippen LogP contribution in [0.4, 0.5) is 28.2 Å². The lowest BCUT2D eigenvalue weighted by Gasteiger charge is -2.37. The minimum Gasteiger partial charge on any atom is -0.363 e. The second kappa shape index (κ2) is 7.56. The van der Waals surface area contributed by atoms with Gasteiger partial charge in [0.05, 0.1) is 0 Å². The largest absolute Gasteiger partial charge is 0.435 e. The van der Waals surface area contributed by atoms with E-state index in [9.17, 15) is 26.4 Å². The van der Waals surface area contributed by atoms with Crippen LogP contribution in [0.1, 0.15) is 25.5 Å². The number of likely N-dealkylation sites (tertiary alicyclic amines) is 1. The Morgan fingerprint density at radius 3 is 2.40 bits per heavy atom. The van der Waals surface area contributed by atoms with Gasteiger partial charge in [-0.05, 0) is 19.8 Å². The number of aryl methyl sites for hydroxylation is 1. The zero-order valence-electron chi connectivity index (χ0n) is 16.0. The molecule has 1 saturated heterocycles. The van der Waals surface area contributed by atoms with Crippen LogP contribution < -0.4 is 5.32 Å². The molecule has 1 fully saturated rings. The number of nitrogens with zero attached hydrogens (tertiary/aromatic N) is 4. The van der Waals surface area contributed by atoms with Gasteiger partial charge in [-0.25, -0.2) is 17.6 Å². The Hall–Kier alpha value is -2.64. The third-order valence-electron chi connectivity index (χ3n) is 5.11. The Morgan fingerprint density at radius 2 is 1.90 bits per heavy atom. The standard InChI is InChI=1S/C16H19F4N5O4S/c1-15(17,30(27,28)13-9-11(16(18,19)20)22-24(13)2)10-3-6-25(7-4-10)14(26)21-12-5-8-29-23-12/h5,8-10H,3-4,6-7H2,1-2H3,(H,21,23,26). The van der Waals surface area contributed by atoms with Crippen LogP contribution >= 0.6 is 0 Å². The van der Waals surface area contributed by atoms with Crippen LogP contribution in [0.3, 0.4) is 0 Å². The van der Waals surface area contributed by atoms with E-state index in [4.69, 9.17) is 0 Å². The molecule has 1 N–H and O–H groups in total. The fourth-order valence-corrected chi connectivity index (χ4v) is 5.07. The van der Waals surface area contributed by atoms with Gasteiger partial charge >= 0.3 is 12.2 Å². The van der Waals surface area contributed by atoms with Gasteiger partial charge in [0.25, 0.3) is 0 Å². The van der Waals surface area contributed by atoms with E-state index in [0.717, 1.165) is 14.0 Å². The number of carbonyl (C=O) groups is 1. The SMILES string of the molecule is Cn1nc(C(F)(F)F)cc1S(=O)(=O)C(C)(F)C1CCN(C(=O)Nc2ccon2)CC1. The molecule has 166 valence electrons. The number of amides is 2. The van der Waals surface area contributed by atoms with E-state index in [-0.39, 0.29) is 31.7 Å². The van der Waals surface area contributed by atoms with Gasteiger partial charge in [-0.1, -0.05) is 5.16 Å². The maximum atomic E-state index is 15.5. The number of hydrogen-bond acceptors (Lipinski definition) is 6. The number of sulfone groups is 1. The fraction of sp³-hybridized carbons (Fsp3) is 0.562. The highest BCUT2D eigenvalue weighted by molar-refractivity contribution is 7.92. The number of anilines is 1. The van der Waals surface area contributed by atoms with E-state index in [1.54, 1.807) is 0 Å². The molecule has 0 aliphatic carbocycles. The second-order valence-corrected chi connectivity index (χ2v) is 9.28. The summed E-state index contributed by atoms with van der Waals surface area (Å²) >= 11 is 0. The Bertz CT molecular complexity index is 1010. The minimum absolute atomic E-state index is 0.00243. The molecule has 0 saturated carbocycles. The van der Waals surface area contributed by atoms with Crippen molar-refractivity contribution in [3.63, 3.8) is 0 Å². The summed E-state index contributed by atoms with van der Waals surface area (Å²) in [6.07, 6.45) is -3.59. The van der Waals surface area contributed by atoms with Gasteiger partial charge in [0.1, 0.15) is 6.26 Å². The van der Waals surface area contributed by atoms with Crippen molar-refractivity contribution in [2.75, 3.05) is 18.4 Å². The highest BCUT2D eigenvalue weighted by Crippen LogP contribution is 2.40. The topological polar surface area (TPSA) is 110 Å². The maximum absolute atomic E-state index is 15.5. The normalized spacial score (nSPS) is 18.3. The van der Waals surface area contributed by atoms with Crippen LogP contribution in [0.25, 0.3) is 0 Å². The molecular formula is C16H19F4N5O4S. The van der Waals surface area contributed by atoms with Crippen molar-refractivity contribution >= 4 is 21.7 Å². The number of carbonyl (C=O) groups excluding carboxylic acids is 1. The lowest BCUT2D eigenvalue weighted by Crippen LogP contribution is -2.48. The van der Waals surface area contributed by atoms with E-state index in [1.807, 2.05) is 0 Å². The van der Waals surface area contributed by atoms with Crippen molar-refractivity contribution in [2.24, 2.45) is 13.0 Å². The zero-order valence-corrected chi connectivity index (χ0v) is 16.8. The van der Waals surface area contributed by atoms with Gasteiger partial charge in [0, 0.05) is 38.2 Å². The van der Waals surface area contributed by atoms with Gasteiger partial charge in [-0.2, -0.15) is 18.3 Å². The molecule has 0 spiro atoms. The maximum Gasteiger partial charge on any atom is 0.435 e. The summed E-state index contributed by atoms with van der Waals surface area (Å²) in [5.41, 5.74) is -1.42. The molecule has 2 amide bonds. The summed E-state index contributed by atoms with van der Waals surface area (Å²) < 4.78 is 84.8. The summed E-state index contributed by atoms with van der Waals surface area (Å²) in [7, 11) is -3.79. The molecule has 14 heteroatoms. The van der Waals surface area contributed by atoms with Gasteiger partial charge in [-0.3, -0.25) is 10.00 Å². The predicted molar refractivity (Wildman–Crippen MR) is 94.7 cm³/mol. The molecule has 3 rings (SSSR count). The fourth-order valence-electron chi connectivity index (χ4n) is 3.33. The van der Waals surface area contributed by atoms with Crippen LogP contribution in [-0.4, -0.2) is 52.4 Å². The molecule has 30 heavy (non-hydrogen) atoms. The molecule has 2 aromatic heterocycles. The first-order valence-corrected chi connectivity index (χ1v) is 10.3. The highest BCUT2D eigenvalue weighted by atomic mass is 32.2. The smallest absolute Gasteiger partial charge is 0.363 e. The number of piperidine rings is 1. The van der Waals surface area contributed by atoms with Gasteiger partial charge in [-0.15, -0.1) is 0 Å². The number of rotatable bonds is 4. The molecular weight excluding hydrogens is 434 g/mol.